The highest BCUT2D eigenvalue weighted by Gasteiger charge is 2.80. The Kier molecular flexibility index (Phi) is 2.45. The highest BCUT2D eigenvalue weighted by atomic mass is 32.5. The van der Waals surface area contributed by atoms with E-state index < -0.39 is 31.1 Å². The molecule has 1 atom stereocenters. The molecule has 0 spiro atoms. The molecule has 0 aliphatic heterocycles. The molecule has 0 fully saturated rings. The van der Waals surface area contributed by atoms with Gasteiger partial charge in [0.05, 0.1) is 0 Å². The third-order valence-corrected chi connectivity index (χ3v) is 3.09. The van der Waals surface area contributed by atoms with Gasteiger partial charge in [0.2, 0.25) is 0 Å². The molecular weight excluding hydrogens is 288 g/mol. The van der Waals surface area contributed by atoms with Crippen LogP contribution in [0.25, 0.3) is 0 Å². The van der Waals surface area contributed by atoms with Gasteiger partial charge < -0.3 is 4.55 Å². The summed E-state index contributed by atoms with van der Waals surface area (Å²) in [6.07, 6.45) is 0. The van der Waals surface area contributed by atoms with Crippen molar-refractivity contribution in [2.45, 2.75) is 10.8 Å². The van der Waals surface area contributed by atoms with Crippen molar-refractivity contribution in [1.82, 2.24) is 0 Å². The molecule has 0 bridgehead atoms. The Hall–Kier alpha value is -0.300. The Labute approximate surface area is 77.5 Å². The molecular formula is C2HF8O3S2-. The van der Waals surface area contributed by atoms with Crippen molar-refractivity contribution in [3.8, 4) is 0 Å². The normalized spacial score (nSPS) is 21.7. The van der Waals surface area contributed by atoms with Gasteiger partial charge in [-0.05, 0) is 0 Å². The Balaban J connectivity index is 5.73. The summed E-state index contributed by atoms with van der Waals surface area (Å²) in [6, 6.07) is 0. The average Bonchev–Trinajstić information content (AvgIpc) is 1.77. The molecule has 0 aliphatic rings. The van der Waals surface area contributed by atoms with Crippen molar-refractivity contribution < 1.29 is 45.6 Å². The first-order valence-corrected chi connectivity index (χ1v) is 6.02. The highest BCUT2D eigenvalue weighted by Crippen LogP contribution is 3.01. The summed E-state index contributed by atoms with van der Waals surface area (Å²) in [5.74, 6) is 0. The molecule has 0 saturated carbocycles. The Morgan fingerprint density at radius 1 is 1.07 bits per heavy atom. The van der Waals surface area contributed by atoms with E-state index >= 15 is 0 Å². The van der Waals surface area contributed by atoms with E-state index in [0.29, 0.717) is 0 Å². The van der Waals surface area contributed by atoms with E-state index in [2.05, 4.69) is 0 Å². The van der Waals surface area contributed by atoms with E-state index in [1.807, 2.05) is 0 Å². The fourth-order valence-electron chi connectivity index (χ4n) is 0.373. The van der Waals surface area contributed by atoms with Crippen LogP contribution >= 0.6 is 10.2 Å². The first kappa shape index (κ1) is 14.7. The van der Waals surface area contributed by atoms with Crippen LogP contribution < -0.4 is 0 Å². The fourth-order valence-corrected chi connectivity index (χ4v) is 2.02. The summed E-state index contributed by atoms with van der Waals surface area (Å²) in [6.45, 7) is 0. The minimum absolute atomic E-state index is 6.33. The predicted octanol–water partition coefficient (Wildman–Crippen LogP) is 2.72. The van der Waals surface area contributed by atoms with Crippen molar-refractivity contribution in [2.24, 2.45) is 0 Å². The lowest BCUT2D eigenvalue weighted by atomic mass is 10.8. The van der Waals surface area contributed by atoms with Gasteiger partial charge in [-0.15, -0.1) is 0 Å². The van der Waals surface area contributed by atoms with Gasteiger partial charge in [0.1, 0.15) is 0 Å². The molecule has 96 valence electrons. The molecule has 0 aromatic heterocycles. The van der Waals surface area contributed by atoms with Gasteiger partial charge >= 0.3 is 21.0 Å². The van der Waals surface area contributed by atoms with Crippen molar-refractivity contribution in [2.75, 3.05) is 0 Å². The van der Waals surface area contributed by atoms with Crippen molar-refractivity contribution >= 4 is 20.3 Å². The van der Waals surface area contributed by atoms with E-state index in [1.165, 1.54) is 0 Å². The fraction of sp³-hybridized carbons (Fsp3) is 1.00. The van der Waals surface area contributed by atoms with Gasteiger partial charge in [-0.3, -0.25) is 0 Å². The second-order valence-corrected chi connectivity index (χ2v) is 6.28. The van der Waals surface area contributed by atoms with E-state index in [4.69, 9.17) is 0 Å². The maximum Gasteiger partial charge on any atom is 0.383 e. The molecule has 0 saturated heterocycles. The van der Waals surface area contributed by atoms with Gasteiger partial charge in [0, 0.05) is 0 Å². The van der Waals surface area contributed by atoms with Gasteiger partial charge in [-0.25, -0.2) is 12.8 Å². The summed E-state index contributed by atoms with van der Waals surface area (Å²) in [5.41, 5.74) is -6.33. The van der Waals surface area contributed by atoms with Gasteiger partial charge in [0.25, 0.3) is 0 Å². The molecule has 0 N–H and O–H groups in total. The summed E-state index contributed by atoms with van der Waals surface area (Å²) in [4.78, 5) is 0. The van der Waals surface area contributed by atoms with Crippen LogP contribution in [-0.4, -0.2) is 23.7 Å². The van der Waals surface area contributed by atoms with Crippen LogP contribution in [0.2, 0.25) is 0 Å². The lowest BCUT2D eigenvalue weighted by Crippen LogP contribution is -2.44. The monoisotopic (exact) mass is 289 g/mol. The topological polar surface area (TPSA) is 57.2 Å². The summed E-state index contributed by atoms with van der Waals surface area (Å²) >= 11 is 0. The van der Waals surface area contributed by atoms with Gasteiger partial charge in [-0.2, -0.15) is 8.78 Å². The molecule has 0 aromatic rings. The van der Waals surface area contributed by atoms with Crippen LogP contribution in [0.15, 0.2) is 0 Å². The molecule has 13 heteroatoms. The minimum atomic E-state index is -11.4. The molecule has 1 unspecified atom stereocenters. The zero-order valence-electron chi connectivity index (χ0n) is 6.14. The van der Waals surface area contributed by atoms with E-state index in [1.54, 1.807) is 0 Å². The second kappa shape index (κ2) is 2.51. The third kappa shape index (κ3) is 3.07. The maximum absolute atomic E-state index is 11.9. The summed E-state index contributed by atoms with van der Waals surface area (Å²) in [5, 5.41) is -6.77. The van der Waals surface area contributed by atoms with Crippen molar-refractivity contribution in [3.63, 3.8) is 0 Å². The number of rotatable bonds is 3. The SMILES string of the molecule is O=S(=O)([O-])C(F)(F)C(F)S(F)(F)(F)(F)F. The molecule has 0 radical (unpaired) electrons. The average molecular weight is 289 g/mol. The molecule has 0 amide bonds. The van der Waals surface area contributed by atoms with E-state index in [-0.39, 0.29) is 0 Å². The van der Waals surface area contributed by atoms with E-state index in [0.717, 1.165) is 0 Å². The molecule has 0 rings (SSSR count). The smallest absolute Gasteiger partial charge is 0.383 e. The van der Waals surface area contributed by atoms with Crippen molar-refractivity contribution in [1.29, 1.82) is 0 Å². The van der Waals surface area contributed by atoms with Gasteiger partial charge in [-0.1, -0.05) is 19.4 Å². The van der Waals surface area contributed by atoms with Crippen LogP contribution in [0.1, 0.15) is 0 Å². The number of hydrogen-bond donors (Lipinski definition) is 0. The lowest BCUT2D eigenvalue weighted by molar-refractivity contribution is 0.0146. The van der Waals surface area contributed by atoms with Crippen molar-refractivity contribution in [3.05, 3.63) is 0 Å². The molecule has 0 aliphatic carbocycles. The molecule has 0 heterocycles. The van der Waals surface area contributed by atoms with Crippen LogP contribution in [-0.2, 0) is 10.1 Å². The highest BCUT2D eigenvalue weighted by molar-refractivity contribution is 8.46. The molecule has 0 aromatic carbocycles. The Morgan fingerprint density at radius 3 is 1.40 bits per heavy atom. The first-order chi connectivity index (χ1) is 5.89. The number of hydrogen-bond acceptors (Lipinski definition) is 3. The summed E-state index contributed by atoms with van der Waals surface area (Å²) in [7, 11) is -18.6. The quantitative estimate of drug-likeness (QED) is 0.593. The largest absolute Gasteiger partial charge is 0.743 e. The number of alkyl halides is 3. The lowest BCUT2D eigenvalue weighted by Gasteiger charge is -2.45. The Bertz CT molecular complexity index is 363. The zero-order valence-corrected chi connectivity index (χ0v) is 7.78. The second-order valence-electron chi connectivity index (χ2n) is 2.36. The van der Waals surface area contributed by atoms with Crippen LogP contribution in [0.5, 0.6) is 0 Å². The molecule has 15 heavy (non-hydrogen) atoms. The molecule has 3 nitrogen and oxygen atoms in total. The number of halogens is 8. The van der Waals surface area contributed by atoms with Crippen LogP contribution in [0.3, 0.4) is 0 Å². The first-order valence-electron chi connectivity index (χ1n) is 2.60. The van der Waals surface area contributed by atoms with Crippen LogP contribution in [0, 0.1) is 0 Å². The minimum Gasteiger partial charge on any atom is -0.743 e. The van der Waals surface area contributed by atoms with E-state index in [9.17, 15) is 45.6 Å². The standard InChI is InChI=1S/C2H2F8O3S2/c3-1(15(6,7,8,9)10)2(4,5)14(11,12)13/h1H,(H,11,12,13)/p-1. The summed E-state index contributed by atoms with van der Waals surface area (Å²) < 4.78 is 121. The predicted molar refractivity (Wildman–Crippen MR) is 32.7 cm³/mol. The van der Waals surface area contributed by atoms with Gasteiger partial charge in [0.15, 0.2) is 10.1 Å². The maximum atomic E-state index is 11.9. The Morgan fingerprint density at radius 2 is 1.33 bits per heavy atom. The zero-order chi connectivity index (χ0) is 13.0. The van der Waals surface area contributed by atoms with Crippen LogP contribution in [0.4, 0.5) is 32.6 Å². The third-order valence-electron chi connectivity index (χ3n) is 0.989.